The van der Waals surface area contributed by atoms with Crippen LogP contribution in [-0.4, -0.2) is 4.98 Å². The molecule has 0 fully saturated rings. The van der Waals surface area contributed by atoms with Gasteiger partial charge in [-0.3, -0.25) is 0 Å². The molecule has 0 radical (unpaired) electrons. The van der Waals surface area contributed by atoms with Crippen LogP contribution in [-0.2, 0) is 0 Å². The highest BCUT2D eigenvalue weighted by atomic mass is 35.5. The van der Waals surface area contributed by atoms with Gasteiger partial charge in [0, 0.05) is 11.6 Å². The Morgan fingerprint density at radius 3 is 2.87 bits per heavy atom. The van der Waals surface area contributed by atoms with Crippen LogP contribution < -0.4 is 5.73 Å². The van der Waals surface area contributed by atoms with E-state index in [1.807, 2.05) is 5.38 Å². The van der Waals surface area contributed by atoms with Crippen LogP contribution in [0.3, 0.4) is 0 Å². The number of hydrogen-bond acceptors (Lipinski definition) is 3. The standard InChI is InChI=1S/C10H8ClFN2S/c11-7-5-6(1-2-8(7)12)9(13)10-14-3-4-15-10/h1-5,9H,13H2. The molecule has 1 heterocycles. The smallest absolute Gasteiger partial charge is 0.141 e. The van der Waals surface area contributed by atoms with Gasteiger partial charge in [-0.05, 0) is 17.7 Å². The van der Waals surface area contributed by atoms with Crippen LogP contribution in [0.15, 0.2) is 29.8 Å². The maximum atomic E-state index is 12.9. The Labute approximate surface area is 95.5 Å². The largest absolute Gasteiger partial charge is 0.318 e. The Morgan fingerprint density at radius 2 is 2.27 bits per heavy atom. The van der Waals surface area contributed by atoms with Gasteiger partial charge in [-0.1, -0.05) is 17.7 Å². The van der Waals surface area contributed by atoms with Gasteiger partial charge < -0.3 is 5.73 Å². The summed E-state index contributed by atoms with van der Waals surface area (Å²) in [5, 5.41) is 2.72. The van der Waals surface area contributed by atoms with Crippen molar-refractivity contribution in [3.05, 3.63) is 51.2 Å². The van der Waals surface area contributed by atoms with E-state index in [-0.39, 0.29) is 11.1 Å². The molecule has 0 aliphatic carbocycles. The molecule has 1 atom stereocenters. The van der Waals surface area contributed by atoms with Gasteiger partial charge in [-0.15, -0.1) is 11.3 Å². The van der Waals surface area contributed by atoms with Gasteiger partial charge in [0.2, 0.25) is 0 Å². The quantitative estimate of drug-likeness (QED) is 0.879. The SMILES string of the molecule is NC(c1ccc(F)c(Cl)c1)c1nccs1. The Kier molecular flexibility index (Phi) is 3.00. The van der Waals surface area contributed by atoms with Gasteiger partial charge in [-0.25, -0.2) is 9.37 Å². The van der Waals surface area contributed by atoms with Crippen LogP contribution in [0.4, 0.5) is 4.39 Å². The van der Waals surface area contributed by atoms with Gasteiger partial charge in [-0.2, -0.15) is 0 Å². The predicted octanol–water partition coefficient (Wildman–Crippen LogP) is 2.98. The highest BCUT2D eigenvalue weighted by Crippen LogP contribution is 2.25. The van der Waals surface area contributed by atoms with E-state index in [4.69, 9.17) is 17.3 Å². The summed E-state index contributed by atoms with van der Waals surface area (Å²) in [6, 6.07) is 4.12. The van der Waals surface area contributed by atoms with Gasteiger partial charge in [0.25, 0.3) is 0 Å². The number of nitrogens with two attached hydrogens (primary N) is 1. The molecule has 1 aromatic carbocycles. The van der Waals surface area contributed by atoms with Crippen molar-refractivity contribution in [3.63, 3.8) is 0 Å². The normalized spacial score (nSPS) is 12.7. The van der Waals surface area contributed by atoms with E-state index in [1.165, 1.54) is 23.5 Å². The summed E-state index contributed by atoms with van der Waals surface area (Å²) in [5.41, 5.74) is 6.71. The molecule has 0 amide bonds. The second-order valence-electron chi connectivity index (χ2n) is 3.02. The van der Waals surface area contributed by atoms with Crippen molar-refractivity contribution >= 4 is 22.9 Å². The second-order valence-corrected chi connectivity index (χ2v) is 4.35. The second kappa shape index (κ2) is 4.26. The Bertz CT molecular complexity index is 458. The third kappa shape index (κ3) is 2.17. The molecule has 0 saturated heterocycles. The number of hydrogen-bond donors (Lipinski definition) is 1. The molecule has 2 aromatic rings. The van der Waals surface area contributed by atoms with Crippen molar-refractivity contribution in [2.45, 2.75) is 6.04 Å². The lowest BCUT2D eigenvalue weighted by molar-refractivity contribution is 0.626. The lowest BCUT2D eigenvalue weighted by Gasteiger charge is -2.09. The fourth-order valence-electron chi connectivity index (χ4n) is 1.24. The molecular formula is C10H8ClFN2S. The molecule has 1 unspecified atom stereocenters. The van der Waals surface area contributed by atoms with E-state index in [1.54, 1.807) is 12.3 Å². The number of nitrogens with zero attached hydrogens (tertiary/aromatic N) is 1. The minimum atomic E-state index is -0.438. The minimum Gasteiger partial charge on any atom is -0.318 e. The summed E-state index contributed by atoms with van der Waals surface area (Å²) < 4.78 is 12.9. The number of rotatable bonds is 2. The lowest BCUT2D eigenvalue weighted by atomic mass is 10.1. The summed E-state index contributed by atoms with van der Waals surface area (Å²) in [5.74, 6) is -0.438. The van der Waals surface area contributed by atoms with Crippen LogP contribution in [0.25, 0.3) is 0 Å². The Balaban J connectivity index is 2.34. The molecular weight excluding hydrogens is 235 g/mol. The maximum absolute atomic E-state index is 12.9. The molecule has 2 rings (SSSR count). The average Bonchev–Trinajstić information content (AvgIpc) is 2.74. The molecule has 1 aromatic heterocycles. The average molecular weight is 243 g/mol. The van der Waals surface area contributed by atoms with E-state index in [9.17, 15) is 4.39 Å². The first-order chi connectivity index (χ1) is 7.18. The molecule has 0 spiro atoms. The van der Waals surface area contributed by atoms with Crippen LogP contribution in [0, 0.1) is 5.82 Å². The maximum Gasteiger partial charge on any atom is 0.141 e. The fraction of sp³-hybridized carbons (Fsp3) is 0.100. The molecule has 5 heteroatoms. The molecule has 0 bridgehead atoms. The first-order valence-electron chi connectivity index (χ1n) is 4.28. The molecule has 2 nitrogen and oxygen atoms in total. The number of halogens is 2. The number of thiazole rings is 1. The van der Waals surface area contributed by atoms with Crippen molar-refractivity contribution in [2.24, 2.45) is 5.73 Å². The van der Waals surface area contributed by atoms with Crippen molar-refractivity contribution in [3.8, 4) is 0 Å². The van der Waals surface area contributed by atoms with E-state index in [2.05, 4.69) is 4.98 Å². The zero-order valence-corrected chi connectivity index (χ0v) is 9.23. The van der Waals surface area contributed by atoms with Crippen LogP contribution in [0.5, 0.6) is 0 Å². The van der Waals surface area contributed by atoms with Gasteiger partial charge >= 0.3 is 0 Å². The van der Waals surface area contributed by atoms with Gasteiger partial charge in [0.1, 0.15) is 10.8 Å². The van der Waals surface area contributed by atoms with E-state index in [0.29, 0.717) is 0 Å². The van der Waals surface area contributed by atoms with Crippen molar-refractivity contribution in [1.82, 2.24) is 4.98 Å². The fourth-order valence-corrected chi connectivity index (χ4v) is 2.09. The minimum absolute atomic E-state index is 0.0829. The van der Waals surface area contributed by atoms with Crippen molar-refractivity contribution in [2.75, 3.05) is 0 Å². The number of aromatic nitrogens is 1. The summed E-state index contributed by atoms with van der Waals surface area (Å²) in [6.45, 7) is 0. The van der Waals surface area contributed by atoms with Crippen molar-refractivity contribution in [1.29, 1.82) is 0 Å². The van der Waals surface area contributed by atoms with E-state index >= 15 is 0 Å². The monoisotopic (exact) mass is 242 g/mol. The molecule has 0 saturated carbocycles. The van der Waals surface area contributed by atoms with Crippen molar-refractivity contribution < 1.29 is 4.39 Å². The summed E-state index contributed by atoms with van der Waals surface area (Å²) >= 11 is 7.13. The zero-order valence-electron chi connectivity index (χ0n) is 7.65. The van der Waals surface area contributed by atoms with Crippen LogP contribution in [0.1, 0.15) is 16.6 Å². The molecule has 2 N–H and O–H groups in total. The Morgan fingerprint density at radius 1 is 1.47 bits per heavy atom. The summed E-state index contributed by atoms with van der Waals surface area (Å²) in [6.07, 6.45) is 1.69. The summed E-state index contributed by atoms with van der Waals surface area (Å²) in [7, 11) is 0. The topological polar surface area (TPSA) is 38.9 Å². The molecule has 78 valence electrons. The van der Waals surface area contributed by atoms with Gasteiger partial charge in [0.05, 0.1) is 11.1 Å². The molecule has 0 aliphatic heterocycles. The highest BCUT2D eigenvalue weighted by Gasteiger charge is 2.12. The third-order valence-electron chi connectivity index (χ3n) is 2.02. The first kappa shape index (κ1) is 10.5. The third-order valence-corrected chi connectivity index (χ3v) is 3.17. The zero-order chi connectivity index (χ0) is 10.8. The van der Waals surface area contributed by atoms with E-state index < -0.39 is 5.82 Å². The van der Waals surface area contributed by atoms with Gasteiger partial charge in [0.15, 0.2) is 0 Å². The number of benzene rings is 1. The molecule has 0 aliphatic rings. The lowest BCUT2D eigenvalue weighted by Crippen LogP contribution is -2.11. The predicted molar refractivity (Wildman–Crippen MR) is 59.6 cm³/mol. The molecule has 15 heavy (non-hydrogen) atoms. The van der Waals surface area contributed by atoms with Crippen LogP contribution in [0.2, 0.25) is 5.02 Å². The summed E-state index contributed by atoms with van der Waals surface area (Å²) in [4.78, 5) is 4.10. The highest BCUT2D eigenvalue weighted by molar-refractivity contribution is 7.09. The Hall–Kier alpha value is -0.970. The van der Waals surface area contributed by atoms with E-state index in [0.717, 1.165) is 10.6 Å². The first-order valence-corrected chi connectivity index (χ1v) is 5.54. The van der Waals surface area contributed by atoms with Crippen LogP contribution >= 0.6 is 22.9 Å².